The van der Waals surface area contributed by atoms with Gasteiger partial charge in [0.05, 0.1) is 5.02 Å². The second-order valence-corrected chi connectivity index (χ2v) is 5.85. The van der Waals surface area contributed by atoms with E-state index in [-0.39, 0.29) is 10.6 Å². The van der Waals surface area contributed by atoms with E-state index in [9.17, 15) is 9.59 Å². The van der Waals surface area contributed by atoms with Gasteiger partial charge in [-0.1, -0.05) is 58.6 Å². The monoisotopic (exact) mass is 411 g/mol. The molecule has 0 radical (unpaired) electrons. The number of methoxy groups -OCH3 is 1. The number of hydrogen-bond donors (Lipinski definition) is 0. The van der Waals surface area contributed by atoms with Crippen molar-refractivity contribution >= 4 is 32.5 Å². The van der Waals surface area contributed by atoms with Crippen molar-refractivity contribution in [2.45, 2.75) is 26.1 Å². The highest BCUT2D eigenvalue weighted by molar-refractivity contribution is 7.00. The van der Waals surface area contributed by atoms with E-state index >= 15 is 0 Å². The Morgan fingerprint density at radius 1 is 1.04 bits per heavy atom. The smallest absolute Gasteiger partial charge is 0.352 e. The predicted molar refractivity (Wildman–Crippen MR) is 104 cm³/mol. The average Bonchev–Trinajstić information content (AvgIpc) is 2.68. The van der Waals surface area contributed by atoms with Gasteiger partial charge >= 0.3 is 15.1 Å². The van der Waals surface area contributed by atoms with Crippen LogP contribution in [0.15, 0.2) is 48.5 Å². The third-order valence-electron chi connectivity index (χ3n) is 3.70. The maximum absolute atomic E-state index is 13.1. The van der Waals surface area contributed by atoms with E-state index in [0.717, 1.165) is 0 Å². The van der Waals surface area contributed by atoms with Gasteiger partial charge in [0.2, 0.25) is 0 Å². The molecule has 0 aliphatic rings. The van der Waals surface area contributed by atoms with Gasteiger partial charge in [0.15, 0.2) is 12.1 Å². The lowest BCUT2D eigenvalue weighted by molar-refractivity contribution is -0.342. The van der Waals surface area contributed by atoms with Crippen LogP contribution in [0.4, 0.5) is 0 Å². The van der Waals surface area contributed by atoms with Crippen LogP contribution in [0.3, 0.4) is 0 Å². The van der Waals surface area contributed by atoms with Crippen molar-refractivity contribution in [3.05, 3.63) is 70.2 Å². The minimum atomic E-state index is -1.19. The number of Topliss-reactive ketones (excluding diaryl/α,β-unsaturated/α-hetero) is 1. The van der Waals surface area contributed by atoms with E-state index in [4.69, 9.17) is 30.7 Å². The topological polar surface area (TPSA) is 78.9 Å². The first-order valence-electron chi connectivity index (χ1n) is 7.93. The van der Waals surface area contributed by atoms with Gasteiger partial charge in [0, 0.05) is 12.7 Å². The molecule has 0 saturated carbocycles. The molecular formula is C19H21ClO6P+. The molecule has 8 heteroatoms. The molecule has 0 amide bonds. The number of rotatable bonds is 7. The maximum atomic E-state index is 13.1. The molecule has 2 aromatic carbocycles. The summed E-state index contributed by atoms with van der Waals surface area (Å²) in [5, 5.41) is 0.282. The second-order valence-electron chi connectivity index (χ2n) is 5.44. The predicted octanol–water partition coefficient (Wildman–Crippen LogP) is 4.29. The average molecular weight is 412 g/mol. The minimum Gasteiger partial charge on any atom is -0.352 e. The van der Waals surface area contributed by atoms with Crippen molar-refractivity contribution in [2.75, 3.05) is 7.11 Å². The second kappa shape index (κ2) is 11.6. The Balaban J connectivity index is 0.00000176. The molecule has 6 nitrogen and oxygen atoms in total. The summed E-state index contributed by atoms with van der Waals surface area (Å²) in [4.78, 5) is 35.3. The van der Waals surface area contributed by atoms with Gasteiger partial charge in [0.1, 0.15) is 5.92 Å². The first kappa shape index (κ1) is 22.9. The van der Waals surface area contributed by atoms with Gasteiger partial charge in [-0.25, -0.2) is 4.79 Å². The van der Waals surface area contributed by atoms with Crippen LogP contribution in [0.1, 0.15) is 34.3 Å². The van der Waals surface area contributed by atoms with Gasteiger partial charge in [-0.3, -0.25) is 9.68 Å². The zero-order valence-electron chi connectivity index (χ0n) is 15.2. The summed E-state index contributed by atoms with van der Waals surface area (Å²) in [7, 11) is 2.57. The van der Waals surface area contributed by atoms with Crippen LogP contribution in [0.5, 0.6) is 0 Å². The summed E-state index contributed by atoms with van der Waals surface area (Å²) in [5.41, 5.74) is 1.46. The number of benzene rings is 2. The molecule has 0 aliphatic heterocycles. The van der Waals surface area contributed by atoms with Gasteiger partial charge in [-0.2, -0.15) is 4.89 Å². The molecular weight excluding hydrogens is 391 g/mol. The van der Waals surface area contributed by atoms with E-state index in [0.29, 0.717) is 11.1 Å². The van der Waals surface area contributed by atoms with Crippen molar-refractivity contribution in [3.8, 4) is 0 Å². The van der Waals surface area contributed by atoms with Crippen LogP contribution in [-0.2, 0) is 23.9 Å². The standard InChI is InChI=1S/C19H19ClO5.H2OP/c1-12-8-7-11-15(20)16(12)18(21)17(14-9-5-4-6-10-14)19(22)25-24-13(2)23-3;1-2/h4-11,13,17H,1-3H3;2H2/q;+1. The van der Waals surface area contributed by atoms with E-state index in [1.807, 2.05) is 0 Å². The largest absolute Gasteiger partial charge is 0.357 e. The fraction of sp³-hybridized carbons (Fsp3) is 0.263. The molecule has 0 saturated heterocycles. The van der Waals surface area contributed by atoms with Crippen LogP contribution in [0.2, 0.25) is 5.02 Å². The van der Waals surface area contributed by atoms with Gasteiger partial charge < -0.3 is 4.74 Å². The molecule has 2 rings (SSSR count). The van der Waals surface area contributed by atoms with Crippen LogP contribution >= 0.6 is 20.7 Å². The van der Waals surface area contributed by atoms with Crippen LogP contribution in [-0.4, -0.2) is 25.2 Å². The Hall–Kier alpha value is -2.11. The number of carbonyl (C=O) groups excluding carboxylic acids is 2. The molecule has 0 aliphatic carbocycles. The summed E-state index contributed by atoms with van der Waals surface area (Å²) < 4.78 is 13.0. The van der Waals surface area contributed by atoms with Crippen LogP contribution in [0, 0.1) is 6.92 Å². The van der Waals surface area contributed by atoms with E-state index in [1.165, 1.54) is 16.2 Å². The Morgan fingerprint density at radius 3 is 2.22 bits per heavy atom. The molecule has 0 heterocycles. The molecule has 3 atom stereocenters. The van der Waals surface area contributed by atoms with Crippen molar-refractivity contribution in [3.63, 3.8) is 0 Å². The molecule has 0 spiro atoms. The first-order valence-corrected chi connectivity index (χ1v) is 8.78. The lowest BCUT2D eigenvalue weighted by Crippen LogP contribution is -2.27. The maximum Gasteiger partial charge on any atom is 0.357 e. The number of ether oxygens (including phenoxy) is 1. The highest BCUT2D eigenvalue weighted by Crippen LogP contribution is 2.29. The third kappa shape index (κ3) is 6.22. The third-order valence-corrected chi connectivity index (χ3v) is 4.01. The van der Waals surface area contributed by atoms with Crippen LogP contribution in [0.25, 0.3) is 0 Å². The molecule has 27 heavy (non-hydrogen) atoms. The fourth-order valence-corrected chi connectivity index (χ4v) is 2.65. The first-order chi connectivity index (χ1) is 13.0. The summed E-state index contributed by atoms with van der Waals surface area (Å²) in [6.45, 7) is 3.32. The number of carbonyl (C=O) groups is 2. The van der Waals surface area contributed by atoms with Gasteiger partial charge in [-0.15, -0.1) is 0 Å². The lowest BCUT2D eigenvalue weighted by atomic mass is 9.89. The molecule has 3 unspecified atom stereocenters. The zero-order valence-corrected chi connectivity index (χ0v) is 17.1. The number of aryl methyl sites for hydroxylation is 1. The number of halogens is 1. The van der Waals surface area contributed by atoms with Crippen molar-refractivity contribution < 1.29 is 28.7 Å². The summed E-state index contributed by atoms with van der Waals surface area (Å²) in [6.07, 6.45) is -0.752. The highest BCUT2D eigenvalue weighted by atomic mass is 35.5. The Kier molecular flexibility index (Phi) is 9.83. The Bertz CT molecular complexity index is 748. The lowest BCUT2D eigenvalue weighted by Gasteiger charge is -2.17. The summed E-state index contributed by atoms with van der Waals surface area (Å²) >= 11 is 6.19. The Labute approximate surface area is 164 Å². The number of hydrogen-bond acceptors (Lipinski definition) is 6. The Morgan fingerprint density at radius 2 is 1.67 bits per heavy atom. The number of ketones is 1. The molecule has 0 fully saturated rings. The molecule has 2 aromatic rings. The normalized spacial score (nSPS) is 12.3. The molecule has 0 aromatic heterocycles. The van der Waals surface area contributed by atoms with Crippen molar-refractivity contribution in [1.29, 1.82) is 0 Å². The quantitative estimate of drug-likeness (QED) is 0.169. The minimum absolute atomic E-state index is 0.282. The summed E-state index contributed by atoms with van der Waals surface area (Å²) in [6, 6.07) is 13.7. The van der Waals surface area contributed by atoms with Gasteiger partial charge in [0.25, 0.3) is 0 Å². The van der Waals surface area contributed by atoms with Crippen LogP contribution < -0.4 is 0 Å². The SMILES string of the molecule is COC(C)OOC(=O)C(C(=O)c1c(C)cccc1Cl)c1ccccc1.O=[PH2+]. The zero-order chi connectivity index (χ0) is 20.4. The molecule has 0 bridgehead atoms. The van der Waals surface area contributed by atoms with Crippen molar-refractivity contribution in [2.24, 2.45) is 0 Å². The van der Waals surface area contributed by atoms with E-state index < -0.39 is 24.0 Å². The van der Waals surface area contributed by atoms with E-state index in [2.05, 4.69) is 0 Å². The highest BCUT2D eigenvalue weighted by Gasteiger charge is 2.34. The summed E-state index contributed by atoms with van der Waals surface area (Å²) in [5.74, 6) is -2.48. The van der Waals surface area contributed by atoms with Crippen molar-refractivity contribution in [1.82, 2.24) is 0 Å². The molecule has 0 N–H and O–H groups in total. The fourth-order valence-electron chi connectivity index (χ4n) is 2.33. The molecule has 144 valence electrons. The van der Waals surface area contributed by atoms with Gasteiger partial charge in [-0.05, 0) is 31.0 Å². The van der Waals surface area contributed by atoms with E-state index in [1.54, 1.807) is 62.4 Å².